The number of carbonyl (C=O) groups is 2. The van der Waals surface area contributed by atoms with E-state index in [4.69, 9.17) is 14.2 Å². The van der Waals surface area contributed by atoms with E-state index in [1.165, 1.54) is 20.3 Å². The van der Waals surface area contributed by atoms with Crippen LogP contribution in [0, 0.1) is 0 Å². The molecule has 0 aromatic heterocycles. The minimum atomic E-state index is -0.480. The Hall–Kier alpha value is -3.80. The van der Waals surface area contributed by atoms with E-state index < -0.39 is 5.97 Å². The highest BCUT2D eigenvalue weighted by molar-refractivity contribution is 5.90. The van der Waals surface area contributed by atoms with Crippen molar-refractivity contribution in [3.8, 4) is 11.5 Å². The summed E-state index contributed by atoms with van der Waals surface area (Å²) in [6, 6.07) is 23.8. The van der Waals surface area contributed by atoms with Crippen LogP contribution >= 0.6 is 0 Å². The van der Waals surface area contributed by atoms with Gasteiger partial charge in [0.25, 0.3) is 5.91 Å². The fraction of sp³-hybridized carbons (Fsp3) is 0.167. The SMILES string of the molecule is COC(=O)c1ccc(OCC(=O)NC(c2ccccc2)c2ccccc2)c(OC)c1. The summed E-state index contributed by atoms with van der Waals surface area (Å²) in [6.07, 6.45) is 0. The molecular formula is C24H23NO5. The third-order valence-electron chi connectivity index (χ3n) is 4.51. The van der Waals surface area contributed by atoms with Gasteiger partial charge in [0.05, 0.1) is 25.8 Å². The van der Waals surface area contributed by atoms with Crippen molar-refractivity contribution in [2.24, 2.45) is 0 Å². The quantitative estimate of drug-likeness (QED) is 0.578. The molecule has 6 nitrogen and oxygen atoms in total. The Morgan fingerprint density at radius 3 is 1.97 bits per heavy atom. The summed E-state index contributed by atoms with van der Waals surface area (Å²) < 4.78 is 15.6. The highest BCUT2D eigenvalue weighted by Gasteiger charge is 2.18. The molecule has 0 unspecified atom stereocenters. The Morgan fingerprint density at radius 1 is 0.833 bits per heavy atom. The molecule has 0 aliphatic carbocycles. The lowest BCUT2D eigenvalue weighted by Gasteiger charge is -2.20. The fourth-order valence-corrected chi connectivity index (χ4v) is 3.03. The van der Waals surface area contributed by atoms with Gasteiger partial charge >= 0.3 is 5.97 Å². The molecule has 0 aliphatic rings. The highest BCUT2D eigenvalue weighted by Crippen LogP contribution is 2.28. The van der Waals surface area contributed by atoms with E-state index in [2.05, 4.69) is 5.32 Å². The molecule has 3 aromatic carbocycles. The third-order valence-corrected chi connectivity index (χ3v) is 4.51. The molecular weight excluding hydrogens is 382 g/mol. The van der Waals surface area contributed by atoms with Crippen molar-refractivity contribution in [1.82, 2.24) is 5.32 Å². The zero-order chi connectivity index (χ0) is 21.3. The largest absolute Gasteiger partial charge is 0.493 e. The summed E-state index contributed by atoms with van der Waals surface area (Å²) in [5, 5.41) is 3.02. The molecule has 0 spiro atoms. The second-order valence-electron chi connectivity index (χ2n) is 6.47. The predicted octanol–water partition coefficient (Wildman–Crippen LogP) is 3.77. The zero-order valence-electron chi connectivity index (χ0n) is 16.8. The molecule has 0 radical (unpaired) electrons. The number of rotatable bonds is 8. The van der Waals surface area contributed by atoms with E-state index >= 15 is 0 Å². The van der Waals surface area contributed by atoms with Gasteiger partial charge in [0.2, 0.25) is 0 Å². The van der Waals surface area contributed by atoms with Crippen molar-refractivity contribution in [3.05, 3.63) is 95.6 Å². The summed E-state index contributed by atoms with van der Waals surface area (Å²) >= 11 is 0. The second-order valence-corrected chi connectivity index (χ2v) is 6.47. The van der Waals surface area contributed by atoms with Crippen molar-refractivity contribution < 1.29 is 23.8 Å². The summed E-state index contributed by atoms with van der Waals surface area (Å²) in [5.41, 5.74) is 2.27. The number of benzene rings is 3. The maximum Gasteiger partial charge on any atom is 0.337 e. The number of hydrogen-bond donors (Lipinski definition) is 1. The van der Waals surface area contributed by atoms with Gasteiger partial charge in [-0.15, -0.1) is 0 Å². The molecule has 1 N–H and O–H groups in total. The van der Waals surface area contributed by atoms with Crippen LogP contribution in [0.2, 0.25) is 0 Å². The summed E-state index contributed by atoms with van der Waals surface area (Å²) in [5.74, 6) is -0.0670. The lowest BCUT2D eigenvalue weighted by atomic mass is 9.99. The van der Waals surface area contributed by atoms with Crippen LogP contribution in [0.1, 0.15) is 27.5 Å². The molecule has 0 aliphatic heterocycles. The van der Waals surface area contributed by atoms with Gasteiger partial charge in [-0.05, 0) is 29.3 Å². The number of esters is 1. The predicted molar refractivity (Wildman–Crippen MR) is 113 cm³/mol. The Balaban J connectivity index is 1.71. The molecule has 1 amide bonds. The minimum absolute atomic E-state index is 0.204. The van der Waals surface area contributed by atoms with E-state index in [-0.39, 0.29) is 18.6 Å². The summed E-state index contributed by atoms with van der Waals surface area (Å²) in [6.45, 7) is -0.204. The van der Waals surface area contributed by atoms with Crippen LogP contribution in [0.25, 0.3) is 0 Å². The molecule has 0 bridgehead atoms. The smallest absolute Gasteiger partial charge is 0.337 e. The van der Waals surface area contributed by atoms with Gasteiger partial charge in [-0.25, -0.2) is 4.79 Å². The lowest BCUT2D eigenvalue weighted by Crippen LogP contribution is -2.33. The maximum atomic E-state index is 12.6. The Bertz CT molecular complexity index is 949. The van der Waals surface area contributed by atoms with Crippen LogP contribution < -0.4 is 14.8 Å². The van der Waals surface area contributed by atoms with Gasteiger partial charge in [0, 0.05) is 0 Å². The van der Waals surface area contributed by atoms with Crippen LogP contribution in [-0.4, -0.2) is 32.7 Å². The molecule has 6 heteroatoms. The molecule has 3 aromatic rings. The molecule has 154 valence electrons. The van der Waals surface area contributed by atoms with Crippen LogP contribution in [-0.2, 0) is 9.53 Å². The first kappa shape index (κ1) is 20.9. The second kappa shape index (κ2) is 10.1. The molecule has 0 saturated heterocycles. The number of amides is 1. The van der Waals surface area contributed by atoms with Crippen LogP contribution in [0.5, 0.6) is 11.5 Å². The first-order valence-electron chi connectivity index (χ1n) is 9.40. The van der Waals surface area contributed by atoms with E-state index in [0.717, 1.165) is 11.1 Å². The van der Waals surface area contributed by atoms with E-state index in [1.807, 2.05) is 60.7 Å². The average Bonchev–Trinajstić information content (AvgIpc) is 2.81. The standard InChI is InChI=1S/C24H23NO5/c1-28-21-15-19(24(27)29-2)13-14-20(21)30-16-22(26)25-23(17-9-5-3-6-10-17)18-11-7-4-8-12-18/h3-15,23H,16H2,1-2H3,(H,25,26). The molecule has 0 heterocycles. The lowest BCUT2D eigenvalue weighted by molar-refractivity contribution is -0.123. The van der Waals surface area contributed by atoms with E-state index in [1.54, 1.807) is 12.1 Å². The normalized spacial score (nSPS) is 10.4. The molecule has 0 atom stereocenters. The van der Waals surface area contributed by atoms with Gasteiger partial charge in [-0.2, -0.15) is 0 Å². The number of methoxy groups -OCH3 is 2. The van der Waals surface area contributed by atoms with Crippen molar-refractivity contribution in [3.63, 3.8) is 0 Å². The third kappa shape index (κ3) is 5.17. The molecule has 0 saturated carbocycles. The zero-order valence-corrected chi connectivity index (χ0v) is 16.8. The Morgan fingerprint density at radius 2 is 1.43 bits per heavy atom. The summed E-state index contributed by atoms with van der Waals surface area (Å²) in [4.78, 5) is 24.3. The topological polar surface area (TPSA) is 73.9 Å². The summed E-state index contributed by atoms with van der Waals surface area (Å²) in [7, 11) is 2.77. The first-order valence-corrected chi connectivity index (χ1v) is 9.40. The maximum absolute atomic E-state index is 12.6. The number of carbonyl (C=O) groups excluding carboxylic acids is 2. The van der Waals surface area contributed by atoms with E-state index in [9.17, 15) is 9.59 Å². The Labute approximate surface area is 175 Å². The van der Waals surface area contributed by atoms with Gasteiger partial charge in [-0.3, -0.25) is 4.79 Å². The number of nitrogens with one attached hydrogen (secondary N) is 1. The monoisotopic (exact) mass is 405 g/mol. The number of ether oxygens (including phenoxy) is 3. The minimum Gasteiger partial charge on any atom is -0.493 e. The van der Waals surface area contributed by atoms with Gasteiger partial charge in [0.15, 0.2) is 18.1 Å². The van der Waals surface area contributed by atoms with Gasteiger partial charge in [0.1, 0.15) is 0 Å². The first-order chi connectivity index (χ1) is 14.6. The van der Waals surface area contributed by atoms with E-state index in [0.29, 0.717) is 17.1 Å². The van der Waals surface area contributed by atoms with Crippen LogP contribution in [0.3, 0.4) is 0 Å². The van der Waals surface area contributed by atoms with Crippen molar-refractivity contribution in [2.45, 2.75) is 6.04 Å². The van der Waals surface area contributed by atoms with Crippen molar-refractivity contribution in [2.75, 3.05) is 20.8 Å². The van der Waals surface area contributed by atoms with Crippen LogP contribution in [0.15, 0.2) is 78.9 Å². The van der Waals surface area contributed by atoms with Gasteiger partial charge < -0.3 is 19.5 Å². The molecule has 0 fully saturated rings. The highest BCUT2D eigenvalue weighted by atomic mass is 16.5. The molecule has 30 heavy (non-hydrogen) atoms. The fourth-order valence-electron chi connectivity index (χ4n) is 3.03. The van der Waals surface area contributed by atoms with Gasteiger partial charge in [-0.1, -0.05) is 60.7 Å². The average molecular weight is 405 g/mol. The molecule has 3 rings (SSSR count). The Kier molecular flexibility index (Phi) is 7.05. The van der Waals surface area contributed by atoms with Crippen molar-refractivity contribution in [1.29, 1.82) is 0 Å². The number of hydrogen-bond acceptors (Lipinski definition) is 5. The van der Waals surface area contributed by atoms with Crippen LogP contribution in [0.4, 0.5) is 0 Å². The van der Waals surface area contributed by atoms with Crippen molar-refractivity contribution >= 4 is 11.9 Å².